The zero-order valence-corrected chi connectivity index (χ0v) is 28.8. The van der Waals surface area contributed by atoms with E-state index in [1.165, 1.54) is 35.6 Å². The number of nitrogen functional groups attached to an aromatic ring is 2. The fraction of sp³-hybridized carbons (Fsp3) is 0.545. The van der Waals surface area contributed by atoms with Crippen LogP contribution in [0.5, 0.6) is 0 Å². The first-order valence-electron chi connectivity index (χ1n) is 13.8. The maximum atomic E-state index is 13.3. The van der Waals surface area contributed by atoms with Gasteiger partial charge in [0.05, 0.1) is 51.3 Å². The normalized spacial score (nSPS) is 17.9. The van der Waals surface area contributed by atoms with Crippen LogP contribution in [0.2, 0.25) is 0 Å². The lowest BCUT2D eigenvalue weighted by Gasteiger charge is -2.30. The van der Waals surface area contributed by atoms with E-state index in [-0.39, 0.29) is 34.2 Å². The molecule has 0 saturated carbocycles. The van der Waals surface area contributed by atoms with Crippen LogP contribution in [0, 0.1) is 0 Å². The molecular weight excluding hydrogens is 722 g/mol. The quantitative estimate of drug-likeness (QED) is 0.0450. The highest BCUT2D eigenvalue weighted by Crippen LogP contribution is 2.54. The third-order valence-electron chi connectivity index (χ3n) is 6.63. The molecule has 0 radical (unpaired) electrons. The third-order valence-corrected chi connectivity index (χ3v) is 9.14. The van der Waals surface area contributed by atoms with Crippen molar-refractivity contribution >= 4 is 72.7 Å². The van der Waals surface area contributed by atoms with Gasteiger partial charge in [0, 0.05) is 0 Å². The van der Waals surface area contributed by atoms with Gasteiger partial charge in [0.15, 0.2) is 34.8 Å². The molecule has 4 heterocycles. The molecule has 0 fully saturated rings. The Morgan fingerprint density at radius 2 is 1.42 bits per heavy atom. The van der Waals surface area contributed by atoms with Crippen molar-refractivity contribution in [2.45, 2.75) is 50.7 Å². The van der Waals surface area contributed by atoms with Crippen LogP contribution in [0.1, 0.15) is 26.3 Å². The number of fused-ring (bicyclic) bond motifs is 2. The van der Waals surface area contributed by atoms with Crippen molar-refractivity contribution in [2.24, 2.45) is 0 Å². The molecule has 0 saturated heterocycles. The van der Waals surface area contributed by atoms with Crippen LogP contribution < -0.4 is 22.6 Å². The Labute approximate surface area is 280 Å². The Hall–Kier alpha value is -2.86. The van der Waals surface area contributed by atoms with Gasteiger partial charge in [-0.1, -0.05) is 24.5 Å². The van der Waals surface area contributed by atoms with Crippen molar-refractivity contribution in [3.05, 3.63) is 33.4 Å². The maximum absolute atomic E-state index is 13.3. The summed E-state index contributed by atoms with van der Waals surface area (Å²) in [5, 5.41) is 30.5. The molecule has 0 aromatic carbocycles. The van der Waals surface area contributed by atoms with E-state index < -0.39 is 88.4 Å². The Morgan fingerprint density at radius 3 is 1.85 bits per heavy atom. The maximum Gasteiger partial charge on any atom is 0.386 e. The molecule has 22 nitrogen and oxygen atoms in total. The SMILES string of the molecule is C[C@@H](O)[C@@H](CO[P@](=O)(S)O[C@H](C)[C@@H](CO[PH](=O)S)OC(CO)n1cnc2c(=O)[nH]c(N)nc21)OC(CO)n1cnc2c(=O)[nH]c(N)nc21. The molecule has 0 aliphatic heterocycles. The van der Waals surface area contributed by atoms with Crippen LogP contribution >= 0.6 is 38.5 Å². The number of rotatable bonds is 18. The van der Waals surface area contributed by atoms with Crippen molar-refractivity contribution in [1.82, 2.24) is 39.0 Å². The van der Waals surface area contributed by atoms with Gasteiger partial charge in [-0.05, 0) is 13.8 Å². The van der Waals surface area contributed by atoms with Gasteiger partial charge in [-0.25, -0.2) is 14.5 Å². The fourth-order valence-electron chi connectivity index (χ4n) is 4.31. The van der Waals surface area contributed by atoms with E-state index >= 15 is 0 Å². The number of hydrogen-bond acceptors (Lipinski definition) is 18. The molecule has 4 aromatic heterocycles. The number of thiol groups is 2. The molecule has 26 heteroatoms. The van der Waals surface area contributed by atoms with Gasteiger partial charge in [-0.3, -0.25) is 42.3 Å². The number of aliphatic hydroxyl groups is 3. The van der Waals surface area contributed by atoms with Crippen molar-refractivity contribution in [3.8, 4) is 0 Å². The van der Waals surface area contributed by atoms with Gasteiger partial charge in [-0.15, -0.1) is 0 Å². The first-order valence-corrected chi connectivity index (χ1v) is 19.1. The number of H-pyrrole nitrogens is 2. The largest absolute Gasteiger partial charge is 0.392 e. The minimum absolute atomic E-state index is 0.00875. The second-order valence-corrected chi connectivity index (χ2v) is 14.9. The van der Waals surface area contributed by atoms with Crippen LogP contribution in [-0.2, 0) is 32.2 Å². The number of ether oxygens (including phenoxy) is 2. The summed E-state index contributed by atoms with van der Waals surface area (Å²) >= 11 is 7.77. The number of anilines is 2. The predicted molar refractivity (Wildman–Crippen MR) is 176 cm³/mol. The Bertz CT molecular complexity index is 1900. The summed E-state index contributed by atoms with van der Waals surface area (Å²) in [6.45, 7) is -3.94. The zero-order valence-electron chi connectivity index (χ0n) is 25.1. The Balaban J connectivity index is 1.47. The van der Waals surface area contributed by atoms with Crippen LogP contribution in [0.15, 0.2) is 22.2 Å². The fourth-order valence-corrected chi connectivity index (χ4v) is 6.44. The molecular formula is C22H34N10O12P2S2. The second-order valence-electron chi connectivity index (χ2n) is 10.1. The molecule has 4 aromatic rings. The number of nitrogens with two attached hydrogens (primary N) is 2. The van der Waals surface area contributed by atoms with E-state index in [0.717, 1.165) is 0 Å². The topological polar surface area (TPSA) is 320 Å². The monoisotopic (exact) mass is 756 g/mol. The minimum atomic E-state index is -4.30. The van der Waals surface area contributed by atoms with E-state index in [1.54, 1.807) is 0 Å². The van der Waals surface area contributed by atoms with Gasteiger partial charge in [0.2, 0.25) is 19.1 Å². The van der Waals surface area contributed by atoms with Gasteiger partial charge >= 0.3 is 6.80 Å². The van der Waals surface area contributed by atoms with Crippen LogP contribution in [0.25, 0.3) is 22.3 Å². The van der Waals surface area contributed by atoms with Gasteiger partial charge in [-0.2, -0.15) is 9.97 Å². The Morgan fingerprint density at radius 1 is 0.938 bits per heavy atom. The minimum Gasteiger partial charge on any atom is -0.392 e. The summed E-state index contributed by atoms with van der Waals surface area (Å²) in [4.78, 5) is 44.9. The molecule has 0 bridgehead atoms. The molecule has 0 amide bonds. The Kier molecular flexibility index (Phi) is 12.8. The van der Waals surface area contributed by atoms with Crippen LogP contribution in [0.4, 0.5) is 11.9 Å². The van der Waals surface area contributed by atoms with E-state index in [1.807, 2.05) is 0 Å². The molecule has 8 atom stereocenters. The van der Waals surface area contributed by atoms with E-state index in [2.05, 4.69) is 54.4 Å². The number of hydrogen-bond donors (Lipinski definition) is 9. The van der Waals surface area contributed by atoms with Crippen LogP contribution in [-0.4, -0.2) is 105 Å². The number of aromatic amines is 2. The van der Waals surface area contributed by atoms with Crippen LogP contribution in [0.3, 0.4) is 0 Å². The summed E-state index contributed by atoms with van der Waals surface area (Å²) < 4.78 is 55.2. The summed E-state index contributed by atoms with van der Waals surface area (Å²) in [5.74, 6) is -0.428. The van der Waals surface area contributed by atoms with E-state index in [0.29, 0.717) is 0 Å². The molecule has 9 N–H and O–H groups in total. The van der Waals surface area contributed by atoms with Gasteiger partial charge in [0.25, 0.3) is 11.1 Å². The number of nitrogens with one attached hydrogen (secondary N) is 2. The standard InChI is InChI=1S/C22H34N10O12P2S2/c1-9(35)11(42-13(3-33)31-7-25-15-17(31)27-21(23)29-19(15)36)6-41-46(39,48)44-10(2)12(5-40-45(38)47)43-14(4-34)32-8-26-16-18(32)28-22(24)30-20(16)37/h7-14,33-35,45H,3-6H2,1-2H3,(H,38,47)(H,39,48)(H3,23,27,29,36)(H3,24,28,30,37)/t9-,10-,11-,12-,13?,14?,46+/m1/s1. The third kappa shape index (κ3) is 9.22. The van der Waals surface area contributed by atoms with E-state index in [9.17, 15) is 34.0 Å². The van der Waals surface area contributed by atoms with E-state index in [4.69, 9.17) is 34.5 Å². The summed E-state index contributed by atoms with van der Waals surface area (Å²) in [7, 11) is -2.80. The van der Waals surface area contributed by atoms with Crippen molar-refractivity contribution in [1.29, 1.82) is 0 Å². The molecule has 4 rings (SSSR count). The second kappa shape index (κ2) is 16.2. The zero-order chi connectivity index (χ0) is 35.3. The lowest BCUT2D eigenvalue weighted by molar-refractivity contribution is -0.133. The number of aromatic nitrogens is 8. The highest BCUT2D eigenvalue weighted by atomic mass is 32.7. The first kappa shape index (κ1) is 38.0. The molecule has 266 valence electrons. The molecule has 48 heavy (non-hydrogen) atoms. The van der Waals surface area contributed by atoms with Gasteiger partial charge < -0.3 is 40.8 Å². The molecule has 0 aliphatic rings. The lowest BCUT2D eigenvalue weighted by Crippen LogP contribution is -2.36. The van der Waals surface area contributed by atoms with Crippen molar-refractivity contribution in [3.63, 3.8) is 0 Å². The lowest BCUT2D eigenvalue weighted by atomic mass is 10.2. The average molecular weight is 757 g/mol. The van der Waals surface area contributed by atoms with Crippen molar-refractivity contribution in [2.75, 3.05) is 37.9 Å². The first-order chi connectivity index (χ1) is 22.6. The summed E-state index contributed by atoms with van der Waals surface area (Å²) in [5.41, 5.74) is 9.82. The summed E-state index contributed by atoms with van der Waals surface area (Å²) in [6.07, 6.45) is -5.09. The summed E-state index contributed by atoms with van der Waals surface area (Å²) in [6, 6.07) is 0. The number of nitrogens with zero attached hydrogens (tertiary/aromatic N) is 6. The smallest absolute Gasteiger partial charge is 0.386 e. The predicted octanol–water partition coefficient (Wildman–Crippen LogP) is -0.654. The number of imidazole rings is 2. The highest BCUT2D eigenvalue weighted by molar-refractivity contribution is 8.44. The number of aliphatic hydroxyl groups excluding tert-OH is 3. The molecule has 3 unspecified atom stereocenters. The highest BCUT2D eigenvalue weighted by Gasteiger charge is 2.34. The molecule has 0 aliphatic carbocycles. The molecule has 0 spiro atoms. The van der Waals surface area contributed by atoms with Gasteiger partial charge in [0.1, 0.15) is 12.2 Å². The average Bonchev–Trinajstić information content (AvgIpc) is 3.62. The van der Waals surface area contributed by atoms with Crippen molar-refractivity contribution < 1.29 is 47.5 Å².